The van der Waals surface area contributed by atoms with E-state index in [1.807, 2.05) is 13.8 Å². The van der Waals surface area contributed by atoms with Gasteiger partial charge < -0.3 is 10.1 Å². The van der Waals surface area contributed by atoms with E-state index in [1.165, 1.54) is 31.9 Å². The lowest BCUT2D eigenvalue weighted by Gasteiger charge is -2.13. The van der Waals surface area contributed by atoms with Crippen molar-refractivity contribution >= 4 is 56.7 Å². The van der Waals surface area contributed by atoms with Gasteiger partial charge >= 0.3 is 5.97 Å². The Balaban J connectivity index is 1.55. The average Bonchev–Trinajstić information content (AvgIpc) is 3.01. The van der Waals surface area contributed by atoms with Gasteiger partial charge in [0.2, 0.25) is 0 Å². The molecule has 7 nitrogen and oxygen atoms in total. The molecule has 0 aliphatic rings. The molecule has 0 saturated heterocycles. The van der Waals surface area contributed by atoms with Gasteiger partial charge in [0.25, 0.3) is 5.91 Å². The number of rotatable bonds is 7. The van der Waals surface area contributed by atoms with Crippen molar-refractivity contribution in [2.75, 3.05) is 11.1 Å². The molecule has 9 heteroatoms. The van der Waals surface area contributed by atoms with E-state index in [1.54, 1.807) is 35.6 Å². The minimum absolute atomic E-state index is 0.0331. The van der Waals surface area contributed by atoms with Gasteiger partial charge in [0, 0.05) is 21.5 Å². The molecule has 0 saturated carbocycles. The lowest BCUT2D eigenvalue weighted by Crippen LogP contribution is -2.30. The molecule has 0 bridgehead atoms. The van der Waals surface area contributed by atoms with Gasteiger partial charge in [-0.05, 0) is 57.5 Å². The summed E-state index contributed by atoms with van der Waals surface area (Å²) in [5.74, 6) is -0.976. The van der Waals surface area contributed by atoms with Gasteiger partial charge in [-0.2, -0.15) is 0 Å². The molecule has 3 aromatic rings. The van der Waals surface area contributed by atoms with Crippen LogP contribution in [0.15, 0.2) is 35.6 Å². The third-order valence-corrected chi connectivity index (χ3v) is 6.57. The maximum atomic E-state index is 12.3. The third kappa shape index (κ3) is 5.03. The fourth-order valence-electron chi connectivity index (χ4n) is 2.70. The smallest absolute Gasteiger partial charge is 0.317 e. The van der Waals surface area contributed by atoms with E-state index < -0.39 is 18.0 Å². The number of nitrogens with zero attached hydrogens (tertiary/aromatic N) is 2. The van der Waals surface area contributed by atoms with Crippen molar-refractivity contribution in [3.63, 3.8) is 0 Å². The molecule has 1 N–H and O–H groups in total. The molecule has 1 aromatic carbocycles. The van der Waals surface area contributed by atoms with E-state index >= 15 is 0 Å². The first-order chi connectivity index (χ1) is 14.3. The molecule has 0 spiro atoms. The van der Waals surface area contributed by atoms with Crippen LogP contribution in [-0.4, -0.2) is 39.5 Å². The number of hydrogen-bond donors (Lipinski definition) is 1. The summed E-state index contributed by atoms with van der Waals surface area (Å²) in [6.45, 7) is 7.02. The van der Waals surface area contributed by atoms with Gasteiger partial charge in [-0.15, -0.1) is 11.3 Å². The number of carbonyl (C=O) groups is 3. The van der Waals surface area contributed by atoms with Crippen molar-refractivity contribution in [2.24, 2.45) is 0 Å². The van der Waals surface area contributed by atoms with Crippen molar-refractivity contribution < 1.29 is 19.1 Å². The summed E-state index contributed by atoms with van der Waals surface area (Å²) in [7, 11) is 0. The van der Waals surface area contributed by atoms with Crippen molar-refractivity contribution in [3.8, 4) is 0 Å². The number of thioether (sulfide) groups is 1. The summed E-state index contributed by atoms with van der Waals surface area (Å²) in [6, 6.07) is 6.51. The normalized spacial score (nSPS) is 11.9. The largest absolute Gasteiger partial charge is 0.452 e. The molecule has 0 fully saturated rings. The monoisotopic (exact) mass is 443 g/mol. The molecule has 0 aliphatic heterocycles. The molecule has 2 heterocycles. The molecule has 1 amide bonds. The maximum Gasteiger partial charge on any atom is 0.317 e. The molecule has 1 atom stereocenters. The lowest BCUT2D eigenvalue weighted by atomic mass is 10.1. The zero-order chi connectivity index (χ0) is 21.8. The number of carbonyl (C=O) groups excluding carboxylic acids is 3. The Morgan fingerprint density at radius 2 is 1.87 bits per heavy atom. The van der Waals surface area contributed by atoms with Crippen LogP contribution in [0.3, 0.4) is 0 Å². The molecule has 3 rings (SSSR count). The zero-order valence-corrected chi connectivity index (χ0v) is 18.6. The van der Waals surface area contributed by atoms with Crippen LogP contribution in [0.4, 0.5) is 5.69 Å². The van der Waals surface area contributed by atoms with Crippen molar-refractivity contribution in [1.29, 1.82) is 0 Å². The van der Waals surface area contributed by atoms with Gasteiger partial charge in [0.15, 0.2) is 11.9 Å². The van der Waals surface area contributed by atoms with E-state index in [-0.39, 0.29) is 11.5 Å². The number of anilines is 1. The van der Waals surface area contributed by atoms with Crippen LogP contribution in [-0.2, 0) is 14.3 Å². The number of nitrogens with one attached hydrogen (secondary N) is 1. The number of hydrogen-bond acceptors (Lipinski definition) is 8. The Morgan fingerprint density at radius 3 is 2.53 bits per heavy atom. The van der Waals surface area contributed by atoms with E-state index in [2.05, 4.69) is 15.3 Å². The highest BCUT2D eigenvalue weighted by molar-refractivity contribution is 8.00. The Hall–Kier alpha value is -2.78. The van der Waals surface area contributed by atoms with E-state index in [4.69, 9.17) is 4.74 Å². The predicted molar refractivity (Wildman–Crippen MR) is 118 cm³/mol. The highest BCUT2D eigenvalue weighted by Gasteiger charge is 2.19. The molecular weight excluding hydrogens is 422 g/mol. The van der Waals surface area contributed by atoms with Crippen molar-refractivity contribution in [2.45, 2.75) is 38.8 Å². The molecule has 0 aliphatic carbocycles. The number of thiophene rings is 1. The fourth-order valence-corrected chi connectivity index (χ4v) is 4.60. The first-order valence-corrected chi connectivity index (χ1v) is 11.0. The number of aromatic nitrogens is 2. The van der Waals surface area contributed by atoms with E-state index in [0.29, 0.717) is 11.3 Å². The summed E-state index contributed by atoms with van der Waals surface area (Å²) < 4.78 is 5.25. The van der Waals surface area contributed by atoms with Crippen LogP contribution in [0.2, 0.25) is 0 Å². The second kappa shape index (κ2) is 9.36. The van der Waals surface area contributed by atoms with Crippen LogP contribution in [0.5, 0.6) is 0 Å². The Bertz CT molecular complexity index is 1110. The third-order valence-electron chi connectivity index (χ3n) is 4.49. The van der Waals surface area contributed by atoms with E-state index in [9.17, 15) is 14.4 Å². The van der Waals surface area contributed by atoms with Gasteiger partial charge in [-0.25, -0.2) is 9.97 Å². The van der Waals surface area contributed by atoms with Crippen molar-refractivity contribution in [1.82, 2.24) is 9.97 Å². The molecule has 30 heavy (non-hydrogen) atoms. The Kier molecular flexibility index (Phi) is 6.84. The topological polar surface area (TPSA) is 98.2 Å². The zero-order valence-electron chi connectivity index (χ0n) is 17.0. The number of ether oxygens (including phenoxy) is 1. The van der Waals surface area contributed by atoms with Crippen LogP contribution in [0.25, 0.3) is 10.2 Å². The first-order valence-electron chi connectivity index (χ1n) is 9.21. The second-order valence-electron chi connectivity index (χ2n) is 6.69. The fraction of sp³-hybridized carbons (Fsp3) is 0.286. The SMILES string of the molecule is CC(=O)c1ccc(NC(=O)[C@H](C)OC(=O)CSc2ncnc3sc(C)c(C)c23)cc1. The first kappa shape index (κ1) is 21.9. The molecular formula is C21H21N3O4S2. The molecule has 0 radical (unpaired) electrons. The number of ketones is 1. The summed E-state index contributed by atoms with van der Waals surface area (Å²) in [5, 5.41) is 4.35. The maximum absolute atomic E-state index is 12.3. The molecule has 2 aromatic heterocycles. The van der Waals surface area contributed by atoms with Gasteiger partial charge in [0.05, 0.1) is 5.75 Å². The minimum atomic E-state index is -0.957. The number of esters is 1. The van der Waals surface area contributed by atoms with Gasteiger partial charge in [-0.1, -0.05) is 11.8 Å². The second-order valence-corrected chi connectivity index (χ2v) is 8.85. The van der Waals surface area contributed by atoms with Gasteiger partial charge in [-0.3, -0.25) is 14.4 Å². The average molecular weight is 444 g/mol. The van der Waals surface area contributed by atoms with Crippen LogP contribution < -0.4 is 5.32 Å². The summed E-state index contributed by atoms with van der Waals surface area (Å²) in [4.78, 5) is 46.4. The lowest BCUT2D eigenvalue weighted by molar-refractivity contribution is -0.150. The van der Waals surface area contributed by atoms with E-state index in [0.717, 1.165) is 25.7 Å². The number of Topliss-reactive ketones (excluding diaryl/α,β-unsaturated/α-hetero) is 1. The van der Waals surface area contributed by atoms with Gasteiger partial charge in [0.1, 0.15) is 16.2 Å². The summed E-state index contributed by atoms with van der Waals surface area (Å²) in [5.41, 5.74) is 2.18. The predicted octanol–water partition coefficient (Wildman–Crippen LogP) is 4.17. The highest BCUT2D eigenvalue weighted by atomic mass is 32.2. The van der Waals surface area contributed by atoms with Crippen LogP contribution >= 0.6 is 23.1 Å². The molecule has 0 unspecified atom stereocenters. The van der Waals surface area contributed by atoms with Crippen molar-refractivity contribution in [3.05, 3.63) is 46.6 Å². The summed E-state index contributed by atoms with van der Waals surface area (Å²) in [6.07, 6.45) is 0.528. The number of benzene rings is 1. The van der Waals surface area contributed by atoms with Crippen LogP contribution in [0.1, 0.15) is 34.6 Å². The Labute approximate surface area is 182 Å². The quantitative estimate of drug-likeness (QED) is 0.253. The number of amides is 1. The minimum Gasteiger partial charge on any atom is -0.452 e. The van der Waals surface area contributed by atoms with Crippen LogP contribution in [0, 0.1) is 13.8 Å². The standard InChI is InChI=1S/C21H21N3O4S2/c1-11-14(4)30-21-18(11)20(22-10-23-21)29-9-17(26)28-13(3)19(27)24-16-7-5-15(6-8-16)12(2)25/h5-8,10,13H,9H2,1-4H3,(H,24,27)/t13-/m0/s1. The number of fused-ring (bicyclic) bond motifs is 1. The Morgan fingerprint density at radius 1 is 1.17 bits per heavy atom. The highest BCUT2D eigenvalue weighted by Crippen LogP contribution is 2.34. The number of aryl methyl sites for hydroxylation is 2. The molecule has 156 valence electrons. The summed E-state index contributed by atoms with van der Waals surface area (Å²) >= 11 is 2.86.